The largest absolute Gasteiger partial charge is 0.493 e. The lowest BCUT2D eigenvalue weighted by atomic mass is 9.75. The van der Waals surface area contributed by atoms with Crippen molar-refractivity contribution in [3.05, 3.63) is 18.3 Å². The zero-order valence-corrected chi connectivity index (χ0v) is 11.0. The predicted molar refractivity (Wildman–Crippen MR) is 70.4 cm³/mol. The van der Waals surface area contributed by atoms with Crippen molar-refractivity contribution < 1.29 is 4.74 Å². The molecule has 3 heteroatoms. The molecule has 1 heterocycles. The van der Waals surface area contributed by atoms with Gasteiger partial charge in [0, 0.05) is 12.2 Å². The molecule has 1 aliphatic rings. The smallest absolute Gasteiger partial charge is 0.168 e. The van der Waals surface area contributed by atoms with Gasteiger partial charge in [0.15, 0.2) is 11.6 Å². The van der Waals surface area contributed by atoms with Crippen LogP contribution in [-0.2, 0) is 0 Å². The van der Waals surface area contributed by atoms with E-state index in [1.165, 1.54) is 25.7 Å². The minimum Gasteiger partial charge on any atom is -0.493 e. The van der Waals surface area contributed by atoms with E-state index in [0.29, 0.717) is 11.5 Å². The van der Waals surface area contributed by atoms with E-state index in [4.69, 9.17) is 4.74 Å². The van der Waals surface area contributed by atoms with Gasteiger partial charge >= 0.3 is 0 Å². The van der Waals surface area contributed by atoms with E-state index >= 15 is 0 Å². The molecule has 1 fully saturated rings. The highest BCUT2D eigenvalue weighted by molar-refractivity contribution is 5.50. The molecule has 1 aliphatic carbocycles. The first kappa shape index (κ1) is 12.2. The summed E-state index contributed by atoms with van der Waals surface area (Å²) in [5.41, 5.74) is 0.506. The first-order chi connectivity index (χ1) is 8.11. The molecule has 0 saturated heterocycles. The van der Waals surface area contributed by atoms with E-state index in [-0.39, 0.29) is 0 Å². The van der Waals surface area contributed by atoms with E-state index < -0.39 is 0 Å². The molecular formula is C14H22N2O. The minimum absolute atomic E-state index is 0.506. The number of rotatable bonds is 3. The van der Waals surface area contributed by atoms with Gasteiger partial charge in [0.2, 0.25) is 0 Å². The molecule has 0 spiro atoms. The molecule has 1 N–H and O–H groups in total. The second kappa shape index (κ2) is 4.94. The topological polar surface area (TPSA) is 34.1 Å². The molecular weight excluding hydrogens is 212 g/mol. The van der Waals surface area contributed by atoms with Crippen molar-refractivity contribution in [1.82, 2.24) is 4.98 Å². The quantitative estimate of drug-likeness (QED) is 0.869. The number of pyridine rings is 1. The van der Waals surface area contributed by atoms with Crippen LogP contribution >= 0.6 is 0 Å². The van der Waals surface area contributed by atoms with E-state index in [0.717, 1.165) is 11.6 Å². The van der Waals surface area contributed by atoms with E-state index in [1.807, 2.05) is 12.1 Å². The van der Waals surface area contributed by atoms with Gasteiger partial charge in [0.05, 0.1) is 7.11 Å². The van der Waals surface area contributed by atoms with Gasteiger partial charge in [0.1, 0.15) is 0 Å². The summed E-state index contributed by atoms with van der Waals surface area (Å²) in [5, 5.41) is 3.50. The van der Waals surface area contributed by atoms with E-state index in [2.05, 4.69) is 24.1 Å². The molecule has 1 aromatic heterocycles. The number of anilines is 1. The standard InChI is InChI=1S/C14H22N2O/c1-14(2)8-6-11(7-9-14)16-13-12(17-3)5-4-10-15-13/h4-5,10-11H,6-9H2,1-3H3,(H,15,16). The second-order valence-electron chi connectivity index (χ2n) is 5.64. The molecule has 17 heavy (non-hydrogen) atoms. The maximum Gasteiger partial charge on any atom is 0.168 e. The van der Waals surface area contributed by atoms with Gasteiger partial charge in [-0.2, -0.15) is 0 Å². The summed E-state index contributed by atoms with van der Waals surface area (Å²) in [4.78, 5) is 4.34. The Bertz CT molecular complexity index is 366. The Balaban J connectivity index is 1.98. The normalized spacial score (nSPS) is 19.9. The Morgan fingerprint density at radius 2 is 2.06 bits per heavy atom. The molecule has 0 aliphatic heterocycles. The molecule has 1 aromatic rings. The predicted octanol–water partition coefficient (Wildman–Crippen LogP) is 3.47. The fourth-order valence-electron chi connectivity index (χ4n) is 2.40. The van der Waals surface area contributed by atoms with Crippen LogP contribution in [0.4, 0.5) is 5.82 Å². The molecule has 2 rings (SSSR count). The highest BCUT2D eigenvalue weighted by Crippen LogP contribution is 2.36. The summed E-state index contributed by atoms with van der Waals surface area (Å²) in [6.45, 7) is 4.70. The molecule has 0 amide bonds. The zero-order chi connectivity index (χ0) is 12.3. The fraction of sp³-hybridized carbons (Fsp3) is 0.643. The van der Waals surface area contributed by atoms with Crippen LogP contribution in [0, 0.1) is 5.41 Å². The van der Waals surface area contributed by atoms with Gasteiger partial charge in [-0.3, -0.25) is 0 Å². The maximum atomic E-state index is 5.30. The van der Waals surface area contributed by atoms with Gasteiger partial charge in [-0.25, -0.2) is 4.98 Å². The number of hydrogen-bond acceptors (Lipinski definition) is 3. The first-order valence-electron chi connectivity index (χ1n) is 6.36. The fourth-order valence-corrected chi connectivity index (χ4v) is 2.40. The number of nitrogens with one attached hydrogen (secondary N) is 1. The maximum absolute atomic E-state index is 5.30. The van der Waals surface area contributed by atoms with Crippen LogP contribution in [0.15, 0.2) is 18.3 Å². The van der Waals surface area contributed by atoms with Crippen LogP contribution in [0.3, 0.4) is 0 Å². The summed E-state index contributed by atoms with van der Waals surface area (Å²) in [5.74, 6) is 1.71. The number of aromatic nitrogens is 1. The van der Waals surface area contributed by atoms with Crippen molar-refractivity contribution in [3.8, 4) is 5.75 Å². The van der Waals surface area contributed by atoms with Crippen LogP contribution < -0.4 is 10.1 Å². The molecule has 0 aromatic carbocycles. The highest BCUT2D eigenvalue weighted by atomic mass is 16.5. The number of ether oxygens (including phenoxy) is 1. The average Bonchev–Trinajstić information content (AvgIpc) is 2.32. The van der Waals surface area contributed by atoms with Gasteiger partial charge < -0.3 is 10.1 Å². The van der Waals surface area contributed by atoms with Crippen molar-refractivity contribution in [2.24, 2.45) is 5.41 Å². The lowest BCUT2D eigenvalue weighted by molar-refractivity contribution is 0.232. The Morgan fingerprint density at radius 3 is 2.71 bits per heavy atom. The van der Waals surface area contributed by atoms with Crippen LogP contribution in [0.1, 0.15) is 39.5 Å². The minimum atomic E-state index is 0.506. The van der Waals surface area contributed by atoms with Crippen LogP contribution in [-0.4, -0.2) is 18.1 Å². The number of nitrogens with zero attached hydrogens (tertiary/aromatic N) is 1. The van der Waals surface area contributed by atoms with Gasteiger partial charge in [0.25, 0.3) is 0 Å². The molecule has 3 nitrogen and oxygen atoms in total. The lowest BCUT2D eigenvalue weighted by Gasteiger charge is -2.34. The van der Waals surface area contributed by atoms with Crippen molar-refractivity contribution in [2.45, 2.75) is 45.6 Å². The third kappa shape index (κ3) is 3.11. The van der Waals surface area contributed by atoms with Crippen LogP contribution in [0.2, 0.25) is 0 Å². The Kier molecular flexibility index (Phi) is 3.55. The van der Waals surface area contributed by atoms with Gasteiger partial charge in [-0.05, 0) is 43.2 Å². The average molecular weight is 234 g/mol. The zero-order valence-electron chi connectivity index (χ0n) is 11.0. The molecule has 94 valence electrons. The van der Waals surface area contributed by atoms with Crippen molar-refractivity contribution in [2.75, 3.05) is 12.4 Å². The number of methoxy groups -OCH3 is 1. The summed E-state index contributed by atoms with van der Waals surface area (Å²) in [7, 11) is 1.69. The molecule has 0 atom stereocenters. The monoisotopic (exact) mass is 234 g/mol. The van der Waals surface area contributed by atoms with Crippen LogP contribution in [0.25, 0.3) is 0 Å². The van der Waals surface area contributed by atoms with E-state index in [1.54, 1.807) is 13.3 Å². The summed E-state index contributed by atoms with van der Waals surface area (Å²) in [6, 6.07) is 4.38. The summed E-state index contributed by atoms with van der Waals surface area (Å²) in [6.07, 6.45) is 6.79. The highest BCUT2D eigenvalue weighted by Gasteiger charge is 2.27. The third-order valence-electron chi connectivity index (χ3n) is 3.67. The van der Waals surface area contributed by atoms with Crippen LogP contribution in [0.5, 0.6) is 5.75 Å². The Hall–Kier alpha value is -1.25. The summed E-state index contributed by atoms with van der Waals surface area (Å²) < 4.78 is 5.30. The SMILES string of the molecule is COc1cccnc1NC1CCC(C)(C)CC1. The Labute approximate surface area is 104 Å². The second-order valence-corrected chi connectivity index (χ2v) is 5.64. The van der Waals surface area contributed by atoms with Crippen molar-refractivity contribution in [3.63, 3.8) is 0 Å². The molecule has 0 radical (unpaired) electrons. The molecule has 0 unspecified atom stereocenters. The third-order valence-corrected chi connectivity index (χ3v) is 3.67. The van der Waals surface area contributed by atoms with E-state index in [9.17, 15) is 0 Å². The molecule has 0 bridgehead atoms. The molecule has 1 saturated carbocycles. The van der Waals surface area contributed by atoms with Gasteiger partial charge in [-0.15, -0.1) is 0 Å². The van der Waals surface area contributed by atoms with Crippen molar-refractivity contribution >= 4 is 5.82 Å². The van der Waals surface area contributed by atoms with Gasteiger partial charge in [-0.1, -0.05) is 13.8 Å². The number of hydrogen-bond donors (Lipinski definition) is 1. The van der Waals surface area contributed by atoms with Crippen molar-refractivity contribution in [1.29, 1.82) is 0 Å². The Morgan fingerprint density at radius 1 is 1.35 bits per heavy atom. The summed E-state index contributed by atoms with van der Waals surface area (Å²) >= 11 is 0. The lowest BCUT2D eigenvalue weighted by Crippen LogP contribution is -2.30. The first-order valence-corrected chi connectivity index (χ1v) is 6.36.